The van der Waals surface area contributed by atoms with Crippen LogP contribution >= 0.6 is 0 Å². The van der Waals surface area contributed by atoms with Crippen LogP contribution in [-0.4, -0.2) is 41.9 Å². The van der Waals surface area contributed by atoms with Crippen molar-refractivity contribution in [2.24, 2.45) is 0 Å². The molecule has 1 heterocycles. The molecule has 1 aromatic carbocycles. The molecule has 0 N–H and O–H groups in total. The van der Waals surface area contributed by atoms with Gasteiger partial charge in [0.2, 0.25) is 5.91 Å². The largest absolute Gasteiger partial charge is 0.341 e. The maximum Gasteiger partial charge on any atom is 0.222 e. The average Bonchev–Trinajstić information content (AvgIpc) is 2.66. The molecule has 1 aliphatic rings. The number of benzene rings is 1. The van der Waals surface area contributed by atoms with Crippen molar-refractivity contribution in [3.05, 3.63) is 35.4 Å². The molecule has 1 saturated heterocycles. The molecule has 104 valence electrons. The zero-order valence-electron chi connectivity index (χ0n) is 12.1. The molecule has 0 aliphatic carbocycles. The molecule has 3 nitrogen and oxygen atoms in total. The third-order valence-electron chi connectivity index (χ3n) is 3.77. The quantitative estimate of drug-likeness (QED) is 0.833. The van der Waals surface area contributed by atoms with Crippen LogP contribution in [0.4, 0.5) is 0 Å². The van der Waals surface area contributed by atoms with Gasteiger partial charge in [-0.25, -0.2) is 0 Å². The first-order valence-electron chi connectivity index (χ1n) is 7.24. The van der Waals surface area contributed by atoms with Crippen molar-refractivity contribution < 1.29 is 4.79 Å². The lowest BCUT2D eigenvalue weighted by Gasteiger charge is -2.21. The van der Waals surface area contributed by atoms with Crippen molar-refractivity contribution in [2.45, 2.75) is 33.2 Å². The number of carbonyl (C=O) groups is 1. The lowest BCUT2D eigenvalue weighted by Crippen LogP contribution is -2.34. The Morgan fingerprint density at radius 1 is 1.11 bits per heavy atom. The van der Waals surface area contributed by atoms with Crippen LogP contribution < -0.4 is 0 Å². The standard InChI is InChI=1S/C16H24N2O/c1-3-16(19)18-10-4-9-17(11-12-18)13-15-7-5-14(2)6-8-15/h5-8H,3-4,9-13H2,1-2H3. The lowest BCUT2D eigenvalue weighted by atomic mass is 10.1. The predicted molar refractivity (Wildman–Crippen MR) is 77.9 cm³/mol. The molecule has 1 amide bonds. The van der Waals surface area contributed by atoms with Crippen LogP contribution in [0.5, 0.6) is 0 Å². The minimum atomic E-state index is 0.289. The lowest BCUT2D eigenvalue weighted by molar-refractivity contribution is -0.130. The Morgan fingerprint density at radius 2 is 1.84 bits per heavy atom. The molecule has 0 spiro atoms. The second-order valence-electron chi connectivity index (χ2n) is 5.35. The zero-order valence-corrected chi connectivity index (χ0v) is 12.1. The van der Waals surface area contributed by atoms with Crippen molar-refractivity contribution in [1.29, 1.82) is 0 Å². The molecule has 3 heteroatoms. The van der Waals surface area contributed by atoms with Crippen LogP contribution in [0.25, 0.3) is 0 Å². The van der Waals surface area contributed by atoms with Crippen LogP contribution in [0.1, 0.15) is 30.9 Å². The van der Waals surface area contributed by atoms with Gasteiger partial charge in [-0.1, -0.05) is 36.8 Å². The Morgan fingerprint density at radius 3 is 2.53 bits per heavy atom. The SMILES string of the molecule is CCC(=O)N1CCCN(Cc2ccc(C)cc2)CC1. The van der Waals surface area contributed by atoms with Gasteiger partial charge in [0.1, 0.15) is 0 Å². The number of rotatable bonds is 3. The maximum atomic E-state index is 11.7. The predicted octanol–water partition coefficient (Wildman–Crippen LogP) is 2.44. The highest BCUT2D eigenvalue weighted by atomic mass is 16.2. The van der Waals surface area contributed by atoms with Gasteiger partial charge in [0, 0.05) is 39.1 Å². The van der Waals surface area contributed by atoms with E-state index in [1.54, 1.807) is 0 Å². The molecule has 0 saturated carbocycles. The molecule has 0 aromatic heterocycles. The Bertz CT molecular complexity index is 413. The fourth-order valence-corrected chi connectivity index (χ4v) is 2.55. The maximum absolute atomic E-state index is 11.7. The molecule has 1 fully saturated rings. The third-order valence-corrected chi connectivity index (χ3v) is 3.77. The fourth-order valence-electron chi connectivity index (χ4n) is 2.55. The summed E-state index contributed by atoms with van der Waals surface area (Å²) < 4.78 is 0. The van der Waals surface area contributed by atoms with E-state index in [4.69, 9.17) is 0 Å². The number of amides is 1. The first-order valence-corrected chi connectivity index (χ1v) is 7.24. The van der Waals surface area contributed by atoms with E-state index in [9.17, 15) is 4.79 Å². The molecule has 0 atom stereocenters. The van der Waals surface area contributed by atoms with E-state index in [-0.39, 0.29) is 5.91 Å². The summed E-state index contributed by atoms with van der Waals surface area (Å²) in [6.45, 7) is 8.91. The highest BCUT2D eigenvalue weighted by Gasteiger charge is 2.17. The summed E-state index contributed by atoms with van der Waals surface area (Å²) in [5, 5.41) is 0. The van der Waals surface area contributed by atoms with Crippen LogP contribution in [0.3, 0.4) is 0 Å². The molecular weight excluding hydrogens is 236 g/mol. The van der Waals surface area contributed by atoms with Gasteiger partial charge in [0.15, 0.2) is 0 Å². The van der Waals surface area contributed by atoms with Crippen molar-refractivity contribution >= 4 is 5.91 Å². The Labute approximate surface area is 116 Å². The van der Waals surface area contributed by atoms with E-state index in [2.05, 4.69) is 36.1 Å². The summed E-state index contributed by atoms with van der Waals surface area (Å²) >= 11 is 0. The summed E-state index contributed by atoms with van der Waals surface area (Å²) in [5.74, 6) is 0.289. The zero-order chi connectivity index (χ0) is 13.7. The van der Waals surface area contributed by atoms with Gasteiger partial charge in [-0.2, -0.15) is 0 Å². The minimum absolute atomic E-state index is 0.289. The molecular formula is C16H24N2O. The smallest absolute Gasteiger partial charge is 0.222 e. The molecule has 0 bridgehead atoms. The van der Waals surface area contributed by atoms with Gasteiger partial charge in [-0.3, -0.25) is 9.69 Å². The number of aryl methyl sites for hydroxylation is 1. The first-order chi connectivity index (χ1) is 9.19. The van der Waals surface area contributed by atoms with Crippen LogP contribution in [0, 0.1) is 6.92 Å². The van der Waals surface area contributed by atoms with Crippen LogP contribution in [-0.2, 0) is 11.3 Å². The second-order valence-corrected chi connectivity index (χ2v) is 5.35. The molecule has 1 aromatic rings. The number of hydrogen-bond acceptors (Lipinski definition) is 2. The van der Waals surface area contributed by atoms with Crippen molar-refractivity contribution in [3.8, 4) is 0 Å². The second kappa shape index (κ2) is 6.71. The minimum Gasteiger partial charge on any atom is -0.341 e. The summed E-state index contributed by atoms with van der Waals surface area (Å²) in [5.41, 5.74) is 2.67. The van der Waals surface area contributed by atoms with Crippen molar-refractivity contribution in [2.75, 3.05) is 26.2 Å². The van der Waals surface area contributed by atoms with Gasteiger partial charge in [-0.15, -0.1) is 0 Å². The van der Waals surface area contributed by atoms with E-state index in [1.165, 1.54) is 11.1 Å². The van der Waals surface area contributed by atoms with E-state index in [0.717, 1.165) is 39.1 Å². The third kappa shape index (κ3) is 4.06. The van der Waals surface area contributed by atoms with Crippen LogP contribution in [0.15, 0.2) is 24.3 Å². The van der Waals surface area contributed by atoms with Gasteiger partial charge in [0.05, 0.1) is 0 Å². The summed E-state index contributed by atoms with van der Waals surface area (Å²) in [6.07, 6.45) is 1.70. The van der Waals surface area contributed by atoms with E-state index >= 15 is 0 Å². The van der Waals surface area contributed by atoms with E-state index < -0.39 is 0 Å². The van der Waals surface area contributed by atoms with Gasteiger partial charge in [-0.05, 0) is 18.9 Å². The van der Waals surface area contributed by atoms with E-state index in [1.807, 2.05) is 11.8 Å². The normalized spacial score (nSPS) is 17.3. The van der Waals surface area contributed by atoms with Gasteiger partial charge >= 0.3 is 0 Å². The topological polar surface area (TPSA) is 23.6 Å². The monoisotopic (exact) mass is 260 g/mol. The molecule has 0 radical (unpaired) electrons. The van der Waals surface area contributed by atoms with Crippen molar-refractivity contribution in [3.63, 3.8) is 0 Å². The van der Waals surface area contributed by atoms with Crippen LogP contribution in [0.2, 0.25) is 0 Å². The first kappa shape index (κ1) is 14.1. The van der Waals surface area contributed by atoms with Gasteiger partial charge in [0.25, 0.3) is 0 Å². The Hall–Kier alpha value is -1.35. The van der Waals surface area contributed by atoms with E-state index in [0.29, 0.717) is 6.42 Å². The summed E-state index contributed by atoms with van der Waals surface area (Å²) in [7, 11) is 0. The summed E-state index contributed by atoms with van der Waals surface area (Å²) in [6, 6.07) is 8.74. The molecule has 2 rings (SSSR count). The average molecular weight is 260 g/mol. The Balaban J connectivity index is 1.89. The number of nitrogens with zero attached hydrogens (tertiary/aromatic N) is 2. The van der Waals surface area contributed by atoms with Crippen molar-refractivity contribution in [1.82, 2.24) is 9.80 Å². The molecule has 0 unspecified atom stereocenters. The highest BCUT2D eigenvalue weighted by Crippen LogP contribution is 2.10. The Kier molecular flexibility index (Phi) is 4.97. The molecule has 19 heavy (non-hydrogen) atoms. The number of hydrogen-bond donors (Lipinski definition) is 0. The summed E-state index contributed by atoms with van der Waals surface area (Å²) in [4.78, 5) is 16.2. The highest BCUT2D eigenvalue weighted by molar-refractivity contribution is 5.75. The molecule has 1 aliphatic heterocycles. The fraction of sp³-hybridized carbons (Fsp3) is 0.562. The number of carbonyl (C=O) groups excluding carboxylic acids is 1. The van der Waals surface area contributed by atoms with Gasteiger partial charge < -0.3 is 4.90 Å².